The van der Waals surface area contributed by atoms with Gasteiger partial charge in [0.25, 0.3) is 5.96 Å². The third-order valence-corrected chi connectivity index (χ3v) is 3.93. The first-order chi connectivity index (χ1) is 11.7. The van der Waals surface area contributed by atoms with Crippen molar-refractivity contribution in [1.29, 1.82) is 0 Å². The minimum Gasteiger partial charge on any atom is -0.292 e. The molecular formula is C18H16N6Ni+2. The van der Waals surface area contributed by atoms with Crippen LogP contribution in [0.1, 0.15) is 13.8 Å². The number of hydrogen-bond acceptors (Lipinski definition) is 4. The first kappa shape index (κ1) is 17.2. The minimum absolute atomic E-state index is 0. The molecule has 0 saturated carbocycles. The molecule has 1 N–H and O–H groups in total. The summed E-state index contributed by atoms with van der Waals surface area (Å²) in [6, 6.07) is 15.4. The van der Waals surface area contributed by atoms with E-state index in [-0.39, 0.29) is 22.5 Å². The summed E-state index contributed by atoms with van der Waals surface area (Å²) < 4.78 is 0. The molecule has 6 nitrogen and oxygen atoms in total. The number of benzene rings is 2. The molecule has 0 atom stereocenters. The molecular weight excluding hydrogens is 359 g/mol. The maximum Gasteiger partial charge on any atom is 2.00 e. The molecule has 0 bridgehead atoms. The van der Waals surface area contributed by atoms with Crippen LogP contribution < -0.4 is 16.1 Å². The van der Waals surface area contributed by atoms with Crippen LogP contribution in [-0.4, -0.2) is 23.4 Å². The van der Waals surface area contributed by atoms with Crippen molar-refractivity contribution in [2.45, 2.75) is 19.9 Å². The van der Waals surface area contributed by atoms with E-state index in [1.165, 1.54) is 0 Å². The van der Waals surface area contributed by atoms with Crippen LogP contribution in [0.3, 0.4) is 0 Å². The Labute approximate surface area is 155 Å². The fourth-order valence-corrected chi connectivity index (χ4v) is 2.72. The average molecular weight is 375 g/mol. The Kier molecular flexibility index (Phi) is 4.86. The molecule has 7 heteroatoms. The van der Waals surface area contributed by atoms with Crippen molar-refractivity contribution >= 4 is 28.8 Å². The van der Waals surface area contributed by atoms with Crippen molar-refractivity contribution < 1.29 is 16.5 Å². The van der Waals surface area contributed by atoms with Gasteiger partial charge >= 0.3 is 16.5 Å². The second-order valence-electron chi connectivity index (χ2n) is 5.68. The molecule has 0 fully saturated rings. The van der Waals surface area contributed by atoms with Crippen molar-refractivity contribution in [2.75, 3.05) is 0 Å². The minimum atomic E-state index is -0.181. The molecule has 2 aromatic rings. The summed E-state index contributed by atoms with van der Waals surface area (Å²) in [7, 11) is 0. The van der Waals surface area contributed by atoms with Gasteiger partial charge in [-0.25, -0.2) is 9.98 Å². The SMILES string of the molecule is CC1=Nc2ccccc2N=C(C)C1NN=C1N=c2ccccc2=N1.[Ni+2]. The summed E-state index contributed by atoms with van der Waals surface area (Å²) in [5, 5.41) is 6.01. The molecule has 2 heterocycles. The van der Waals surface area contributed by atoms with Gasteiger partial charge in [0.15, 0.2) is 0 Å². The Bertz CT molecular complexity index is 946. The molecule has 0 unspecified atom stereocenters. The molecule has 0 radical (unpaired) electrons. The predicted octanol–water partition coefficient (Wildman–Crippen LogP) is 2.06. The summed E-state index contributed by atoms with van der Waals surface area (Å²) in [5.41, 5.74) is 6.66. The Morgan fingerprint density at radius 1 is 0.760 bits per heavy atom. The van der Waals surface area contributed by atoms with Crippen LogP contribution >= 0.6 is 0 Å². The molecule has 2 aliphatic heterocycles. The Morgan fingerprint density at radius 3 is 1.76 bits per heavy atom. The van der Waals surface area contributed by atoms with Gasteiger partial charge in [-0.15, -0.1) is 5.10 Å². The number of hydrazone groups is 1. The summed E-state index contributed by atoms with van der Waals surface area (Å²) >= 11 is 0. The zero-order valence-corrected chi connectivity index (χ0v) is 14.7. The third kappa shape index (κ3) is 3.42. The average Bonchev–Trinajstić information content (AvgIpc) is 2.94. The monoisotopic (exact) mass is 374 g/mol. The van der Waals surface area contributed by atoms with Crippen molar-refractivity contribution in [3.63, 3.8) is 0 Å². The molecule has 0 amide bonds. The molecule has 0 aliphatic carbocycles. The zero-order valence-electron chi connectivity index (χ0n) is 13.7. The van der Waals surface area contributed by atoms with Gasteiger partial charge in [-0.05, 0) is 38.1 Å². The number of fused-ring (bicyclic) bond motifs is 2. The van der Waals surface area contributed by atoms with E-state index in [0.717, 1.165) is 33.5 Å². The van der Waals surface area contributed by atoms with E-state index in [1.807, 2.05) is 62.4 Å². The second-order valence-corrected chi connectivity index (χ2v) is 5.68. The van der Waals surface area contributed by atoms with Crippen LogP contribution in [0.4, 0.5) is 11.4 Å². The van der Waals surface area contributed by atoms with Crippen LogP contribution in [-0.2, 0) is 16.5 Å². The molecule has 2 aromatic carbocycles. The van der Waals surface area contributed by atoms with E-state index in [9.17, 15) is 0 Å². The van der Waals surface area contributed by atoms with Gasteiger partial charge in [-0.3, -0.25) is 15.4 Å². The normalized spacial score (nSPS) is 15.4. The fourth-order valence-electron chi connectivity index (χ4n) is 2.72. The van der Waals surface area contributed by atoms with Gasteiger partial charge in [0, 0.05) is 11.4 Å². The third-order valence-electron chi connectivity index (χ3n) is 3.93. The maximum absolute atomic E-state index is 4.67. The first-order valence-corrected chi connectivity index (χ1v) is 7.76. The molecule has 126 valence electrons. The Hall–Kier alpha value is -2.66. The first-order valence-electron chi connectivity index (χ1n) is 7.76. The van der Waals surface area contributed by atoms with E-state index in [1.54, 1.807) is 0 Å². The second kappa shape index (κ2) is 7.07. The Balaban J connectivity index is 0.00000182. The smallest absolute Gasteiger partial charge is 0.292 e. The van der Waals surface area contributed by atoms with E-state index in [4.69, 9.17) is 0 Å². The van der Waals surface area contributed by atoms with E-state index in [2.05, 4.69) is 30.5 Å². The number of rotatable bonds is 2. The Morgan fingerprint density at radius 2 is 1.24 bits per heavy atom. The van der Waals surface area contributed by atoms with Crippen LogP contribution in [0.15, 0.2) is 73.6 Å². The maximum atomic E-state index is 4.67. The summed E-state index contributed by atoms with van der Waals surface area (Å²) in [6.45, 7) is 3.94. The molecule has 4 rings (SSSR count). The van der Waals surface area contributed by atoms with Crippen LogP contribution in [0.2, 0.25) is 0 Å². The standard InChI is InChI=1S/C18H16N6.Ni/c1-11-17(12(2)20-14-8-4-3-7-13(14)19-11)23-24-18-21-15-9-5-6-10-16(15)22-18;/h3-10,17,23H,1-2H3;/q;+2. The summed E-state index contributed by atoms with van der Waals surface area (Å²) in [4.78, 5) is 18.1. The molecule has 2 aliphatic rings. The largest absolute Gasteiger partial charge is 2.00 e. The van der Waals surface area contributed by atoms with Crippen molar-refractivity contribution in [3.05, 3.63) is 59.2 Å². The number of aliphatic imine (C=N–C) groups is 2. The van der Waals surface area contributed by atoms with Gasteiger partial charge in [-0.2, -0.15) is 0 Å². The summed E-state index contributed by atoms with van der Waals surface area (Å²) in [5.74, 6) is 0.415. The van der Waals surface area contributed by atoms with Crippen LogP contribution in [0.5, 0.6) is 0 Å². The van der Waals surface area contributed by atoms with E-state index in [0.29, 0.717) is 5.96 Å². The fraction of sp³-hybridized carbons (Fsp3) is 0.167. The van der Waals surface area contributed by atoms with Gasteiger partial charge < -0.3 is 0 Å². The number of para-hydroxylation sites is 4. The van der Waals surface area contributed by atoms with Gasteiger partial charge in [0.1, 0.15) is 6.04 Å². The van der Waals surface area contributed by atoms with Gasteiger partial charge in [0.05, 0.1) is 22.1 Å². The quantitative estimate of drug-likeness (QED) is 0.634. The predicted molar refractivity (Wildman–Crippen MR) is 95.1 cm³/mol. The molecule has 25 heavy (non-hydrogen) atoms. The zero-order chi connectivity index (χ0) is 16.5. The number of guanidine groups is 1. The van der Waals surface area contributed by atoms with Gasteiger partial charge in [0.2, 0.25) is 0 Å². The molecule has 0 saturated heterocycles. The van der Waals surface area contributed by atoms with Crippen molar-refractivity contribution in [1.82, 2.24) is 5.43 Å². The van der Waals surface area contributed by atoms with E-state index >= 15 is 0 Å². The summed E-state index contributed by atoms with van der Waals surface area (Å²) in [6.07, 6.45) is 0. The molecule has 0 spiro atoms. The van der Waals surface area contributed by atoms with E-state index < -0.39 is 0 Å². The molecule has 0 aromatic heterocycles. The number of hydrogen-bond donors (Lipinski definition) is 1. The topological polar surface area (TPSA) is 73.8 Å². The van der Waals surface area contributed by atoms with Crippen LogP contribution in [0.25, 0.3) is 0 Å². The van der Waals surface area contributed by atoms with Crippen molar-refractivity contribution in [2.24, 2.45) is 25.1 Å². The number of nitrogens with one attached hydrogen (secondary N) is 1. The van der Waals surface area contributed by atoms with Crippen LogP contribution in [0, 0.1) is 0 Å². The number of nitrogens with zero attached hydrogens (tertiary/aromatic N) is 5. The van der Waals surface area contributed by atoms with Crippen molar-refractivity contribution in [3.8, 4) is 0 Å². The van der Waals surface area contributed by atoms with Gasteiger partial charge in [-0.1, -0.05) is 24.3 Å².